The number of hydrogen-bond donors (Lipinski definition) is 3. The number of hydrogen-bond acceptors (Lipinski definition) is 3. The van der Waals surface area contributed by atoms with Gasteiger partial charge in [-0.15, -0.1) is 5.25 Å². The van der Waals surface area contributed by atoms with E-state index in [4.69, 9.17) is 9.94 Å². The van der Waals surface area contributed by atoms with Crippen molar-refractivity contribution in [1.29, 1.82) is 0 Å². The zero-order valence-corrected chi connectivity index (χ0v) is 25.3. The number of ether oxygens (including phenoxy) is 1. The van der Waals surface area contributed by atoms with Crippen LogP contribution >= 0.6 is 7.52 Å². The van der Waals surface area contributed by atoms with Crippen molar-refractivity contribution in [2.45, 2.75) is 135 Å². The van der Waals surface area contributed by atoms with Crippen LogP contribution in [0.4, 0.5) is 4.39 Å². The second-order valence-corrected chi connectivity index (χ2v) is 14.5. The summed E-state index contributed by atoms with van der Waals surface area (Å²) in [6.07, 6.45) is 22.7. The van der Waals surface area contributed by atoms with E-state index in [0.717, 1.165) is 68.3 Å². The van der Waals surface area contributed by atoms with Gasteiger partial charge >= 0.3 is 0 Å². The molecule has 1 unspecified atom stereocenters. The summed E-state index contributed by atoms with van der Waals surface area (Å²) in [7, 11) is -3.52. The van der Waals surface area contributed by atoms with Crippen molar-refractivity contribution in [1.82, 2.24) is 5.25 Å². The number of rotatable bonds is 18. The zero-order chi connectivity index (χ0) is 27.9. The van der Waals surface area contributed by atoms with Gasteiger partial charge in [-0.25, -0.2) is 4.39 Å². The molecule has 2 fully saturated rings. The van der Waals surface area contributed by atoms with E-state index in [1.165, 1.54) is 75.9 Å². The molecule has 0 heterocycles. The molecule has 2 aliphatic rings. The van der Waals surface area contributed by atoms with Gasteiger partial charge in [0, 0.05) is 12.2 Å². The second-order valence-electron chi connectivity index (χ2n) is 12.4. The SMILES string of the molecule is CCCC1CCC(C2CCC(c3ccc(OCCCCCCCCCCCP(=O)(O)NO)cc3F)CC2)CC1. The number of nitrogens with one attached hydrogen (secondary N) is 1. The van der Waals surface area contributed by atoms with Crippen LogP contribution in [0.3, 0.4) is 0 Å². The first-order valence-electron chi connectivity index (χ1n) is 16.1. The van der Waals surface area contributed by atoms with Crippen molar-refractivity contribution in [2.75, 3.05) is 12.8 Å². The molecular weight excluding hydrogens is 512 g/mol. The Balaban J connectivity index is 1.22. The lowest BCUT2D eigenvalue weighted by Crippen LogP contribution is -2.25. The molecule has 0 spiro atoms. The van der Waals surface area contributed by atoms with Gasteiger partial charge in [-0.3, -0.25) is 4.57 Å². The average Bonchev–Trinajstić information content (AvgIpc) is 2.94. The Morgan fingerprint density at radius 2 is 1.44 bits per heavy atom. The van der Waals surface area contributed by atoms with Crippen LogP contribution in [0, 0.1) is 23.6 Å². The van der Waals surface area contributed by atoms with Crippen molar-refractivity contribution < 1.29 is 23.8 Å². The quantitative estimate of drug-likeness (QED) is 0.0935. The molecule has 5 nitrogen and oxygen atoms in total. The van der Waals surface area contributed by atoms with Crippen LogP contribution < -0.4 is 9.99 Å². The Morgan fingerprint density at radius 1 is 0.872 bits per heavy atom. The highest BCUT2D eigenvalue weighted by molar-refractivity contribution is 7.55. The van der Waals surface area contributed by atoms with Crippen molar-refractivity contribution in [3.8, 4) is 5.75 Å². The predicted octanol–water partition coefficient (Wildman–Crippen LogP) is 9.76. The smallest absolute Gasteiger partial charge is 0.289 e. The summed E-state index contributed by atoms with van der Waals surface area (Å²) < 4.78 is 32.1. The minimum Gasteiger partial charge on any atom is -0.493 e. The Bertz CT molecular complexity index is 853. The monoisotopic (exact) mass is 567 g/mol. The minimum absolute atomic E-state index is 0.0922. The third-order valence-electron chi connectivity index (χ3n) is 9.47. The summed E-state index contributed by atoms with van der Waals surface area (Å²) in [5.41, 5.74) is 0.892. The van der Waals surface area contributed by atoms with Crippen LogP contribution in [0.15, 0.2) is 18.2 Å². The Hall–Kier alpha value is -0.940. The molecule has 2 saturated carbocycles. The van der Waals surface area contributed by atoms with Crippen molar-refractivity contribution in [2.24, 2.45) is 17.8 Å². The summed E-state index contributed by atoms with van der Waals surface area (Å²) in [6.45, 7) is 2.94. The lowest BCUT2D eigenvalue weighted by atomic mass is 9.68. The fraction of sp³-hybridized carbons (Fsp3) is 0.812. The highest BCUT2D eigenvalue weighted by Crippen LogP contribution is 2.45. The second kappa shape index (κ2) is 17.8. The summed E-state index contributed by atoms with van der Waals surface area (Å²) in [6, 6.07) is 5.54. The number of benzene rings is 1. The fourth-order valence-corrected chi connectivity index (χ4v) is 7.84. The lowest BCUT2D eigenvalue weighted by molar-refractivity contribution is 0.156. The molecule has 2 aliphatic carbocycles. The van der Waals surface area contributed by atoms with Crippen LogP contribution in [0.25, 0.3) is 0 Å². The molecule has 7 heteroatoms. The van der Waals surface area contributed by atoms with Crippen molar-refractivity contribution in [3.63, 3.8) is 0 Å². The van der Waals surface area contributed by atoms with E-state index in [9.17, 15) is 13.8 Å². The van der Waals surface area contributed by atoms with Gasteiger partial charge in [-0.05, 0) is 86.7 Å². The van der Waals surface area contributed by atoms with Gasteiger partial charge < -0.3 is 14.8 Å². The van der Waals surface area contributed by atoms with Crippen molar-refractivity contribution in [3.05, 3.63) is 29.6 Å². The molecule has 1 aromatic rings. The first-order valence-corrected chi connectivity index (χ1v) is 17.9. The molecule has 3 rings (SSSR count). The van der Waals surface area contributed by atoms with Crippen LogP contribution in [0.2, 0.25) is 0 Å². The summed E-state index contributed by atoms with van der Waals surface area (Å²) in [5, 5.41) is 10.1. The van der Waals surface area contributed by atoms with Gasteiger partial charge in [0.1, 0.15) is 11.6 Å². The maximum atomic E-state index is 15.0. The molecule has 1 atom stereocenters. The van der Waals surface area contributed by atoms with E-state index in [0.29, 0.717) is 24.7 Å². The summed E-state index contributed by atoms with van der Waals surface area (Å²) in [5.74, 6) is 3.66. The van der Waals surface area contributed by atoms with Crippen LogP contribution in [-0.2, 0) is 4.57 Å². The van der Waals surface area contributed by atoms with Crippen LogP contribution in [0.1, 0.15) is 140 Å². The molecule has 0 aliphatic heterocycles. The lowest BCUT2D eigenvalue weighted by Gasteiger charge is -2.38. The minimum atomic E-state index is -3.52. The van der Waals surface area contributed by atoms with E-state index >= 15 is 0 Å². The highest BCUT2D eigenvalue weighted by atomic mass is 31.2. The molecule has 0 radical (unpaired) electrons. The topological polar surface area (TPSA) is 78.8 Å². The molecule has 3 N–H and O–H groups in total. The maximum absolute atomic E-state index is 15.0. The first kappa shape index (κ1) is 32.6. The van der Waals surface area contributed by atoms with Gasteiger partial charge in [-0.2, -0.15) is 0 Å². The standard InChI is InChI=1S/C32H55FNO4P/c1-2-12-26-13-15-27(16-14-26)28-17-19-29(20-18-28)31-22-21-30(25-32(31)33)38-23-10-8-6-4-3-5-7-9-11-24-39(36,37)34-35/h21-22,25-29,35H,2-20,23-24H2,1H3,(H2,34,36,37). The van der Waals surface area contributed by atoms with Gasteiger partial charge in [0.05, 0.1) is 6.61 Å². The molecule has 0 bridgehead atoms. The molecule has 0 amide bonds. The number of unbranched alkanes of at least 4 members (excludes halogenated alkanes) is 8. The van der Waals surface area contributed by atoms with Gasteiger partial charge in [0.25, 0.3) is 7.52 Å². The van der Waals surface area contributed by atoms with E-state index in [2.05, 4.69) is 6.92 Å². The van der Waals surface area contributed by atoms with E-state index < -0.39 is 7.52 Å². The van der Waals surface area contributed by atoms with Gasteiger partial charge in [-0.1, -0.05) is 83.6 Å². The Kier molecular flexibility index (Phi) is 14.9. The van der Waals surface area contributed by atoms with E-state index in [-0.39, 0.29) is 12.0 Å². The van der Waals surface area contributed by atoms with Crippen molar-refractivity contribution >= 4 is 7.52 Å². The van der Waals surface area contributed by atoms with Crippen LogP contribution in [0.5, 0.6) is 5.75 Å². The highest BCUT2D eigenvalue weighted by Gasteiger charge is 2.31. The van der Waals surface area contributed by atoms with E-state index in [1.807, 2.05) is 12.1 Å². The summed E-state index contributed by atoms with van der Waals surface area (Å²) in [4.78, 5) is 9.25. The third-order valence-corrected chi connectivity index (χ3v) is 10.7. The molecule has 0 aromatic heterocycles. The zero-order valence-electron chi connectivity index (χ0n) is 24.4. The van der Waals surface area contributed by atoms with E-state index in [1.54, 1.807) is 6.07 Å². The Morgan fingerprint density at radius 3 is 2.00 bits per heavy atom. The first-order chi connectivity index (χ1) is 18.9. The summed E-state index contributed by atoms with van der Waals surface area (Å²) >= 11 is 0. The molecular formula is C32H55FNO4P. The molecule has 224 valence electrons. The maximum Gasteiger partial charge on any atom is 0.289 e. The third kappa shape index (κ3) is 11.8. The largest absolute Gasteiger partial charge is 0.493 e. The van der Waals surface area contributed by atoms with Crippen LogP contribution in [-0.4, -0.2) is 22.9 Å². The van der Waals surface area contributed by atoms with Gasteiger partial charge in [0.2, 0.25) is 0 Å². The average molecular weight is 568 g/mol. The predicted molar refractivity (Wildman–Crippen MR) is 158 cm³/mol. The molecule has 1 aromatic carbocycles. The molecule has 39 heavy (non-hydrogen) atoms. The van der Waals surface area contributed by atoms with Gasteiger partial charge in [0.15, 0.2) is 0 Å². The fourth-order valence-electron chi connectivity index (χ4n) is 7.09. The molecule has 0 saturated heterocycles. The number of halogens is 1. The Labute approximate surface area is 237 Å². The normalized spacial score (nSPS) is 25.3.